The fourth-order valence-electron chi connectivity index (χ4n) is 2.29. The fourth-order valence-corrected chi connectivity index (χ4v) is 2.29. The number of carbonyl (C=O) groups is 1. The van der Waals surface area contributed by atoms with E-state index in [1.165, 1.54) is 6.07 Å². The van der Waals surface area contributed by atoms with Gasteiger partial charge in [0.2, 0.25) is 5.91 Å². The van der Waals surface area contributed by atoms with E-state index in [9.17, 15) is 14.9 Å². The molecule has 0 radical (unpaired) electrons. The van der Waals surface area contributed by atoms with E-state index in [1.54, 1.807) is 31.4 Å². The Morgan fingerprint density at radius 1 is 1.20 bits per heavy atom. The molecule has 0 saturated heterocycles. The van der Waals surface area contributed by atoms with E-state index in [4.69, 9.17) is 9.47 Å². The average molecular weight is 344 g/mol. The van der Waals surface area contributed by atoms with Crippen molar-refractivity contribution in [1.82, 2.24) is 0 Å². The first-order chi connectivity index (χ1) is 12.0. The molecule has 0 aliphatic carbocycles. The lowest BCUT2D eigenvalue weighted by atomic mass is 10.1. The second kappa shape index (κ2) is 8.79. The number of rotatable bonds is 8. The number of hydrogen-bond donors (Lipinski definition) is 1. The zero-order valence-electron chi connectivity index (χ0n) is 14.2. The molecule has 1 amide bonds. The molecule has 0 fully saturated rings. The van der Waals surface area contributed by atoms with Crippen LogP contribution in [0.1, 0.15) is 11.1 Å². The highest BCUT2D eigenvalue weighted by atomic mass is 16.6. The smallest absolute Gasteiger partial charge is 0.273 e. The third kappa shape index (κ3) is 5.29. The summed E-state index contributed by atoms with van der Waals surface area (Å²) >= 11 is 0. The Kier molecular flexibility index (Phi) is 6.47. The predicted octanol–water partition coefficient (Wildman–Crippen LogP) is 3.11. The number of benzene rings is 2. The first kappa shape index (κ1) is 18.4. The molecule has 1 N–H and O–H groups in total. The van der Waals surface area contributed by atoms with Gasteiger partial charge in [-0.15, -0.1) is 0 Å². The molecule has 0 saturated carbocycles. The van der Waals surface area contributed by atoms with E-state index in [1.807, 2.05) is 19.1 Å². The van der Waals surface area contributed by atoms with Gasteiger partial charge in [-0.25, -0.2) is 0 Å². The van der Waals surface area contributed by atoms with Gasteiger partial charge in [-0.1, -0.05) is 24.3 Å². The maximum Gasteiger partial charge on any atom is 0.273 e. The maximum atomic E-state index is 12.3. The van der Waals surface area contributed by atoms with Crippen molar-refractivity contribution >= 4 is 17.3 Å². The third-order valence-corrected chi connectivity index (χ3v) is 3.50. The quantitative estimate of drug-likeness (QED) is 0.451. The van der Waals surface area contributed by atoms with E-state index in [0.717, 1.165) is 5.56 Å². The zero-order chi connectivity index (χ0) is 18.2. The maximum absolute atomic E-state index is 12.3. The number of anilines is 1. The highest BCUT2D eigenvalue weighted by Crippen LogP contribution is 2.26. The molecule has 0 aliphatic heterocycles. The van der Waals surface area contributed by atoms with Crippen LogP contribution in [0.25, 0.3) is 0 Å². The number of aryl methyl sites for hydroxylation is 1. The summed E-state index contributed by atoms with van der Waals surface area (Å²) < 4.78 is 10.6. The number of hydrogen-bond acceptors (Lipinski definition) is 5. The predicted molar refractivity (Wildman–Crippen MR) is 94.0 cm³/mol. The molecule has 7 nitrogen and oxygen atoms in total. The second-order valence-corrected chi connectivity index (χ2v) is 5.45. The number of nitro benzene ring substituents is 1. The van der Waals surface area contributed by atoms with Crippen molar-refractivity contribution in [3.8, 4) is 5.75 Å². The summed E-state index contributed by atoms with van der Waals surface area (Å²) in [5.41, 5.74) is 1.80. The topological polar surface area (TPSA) is 90.7 Å². The van der Waals surface area contributed by atoms with Crippen LogP contribution in [0.5, 0.6) is 5.75 Å². The Labute approximate surface area is 145 Å². The van der Waals surface area contributed by atoms with Crippen molar-refractivity contribution in [2.75, 3.05) is 25.6 Å². The van der Waals surface area contributed by atoms with Crippen LogP contribution in [0.3, 0.4) is 0 Å². The summed E-state index contributed by atoms with van der Waals surface area (Å²) in [5.74, 6) is 0.183. The van der Waals surface area contributed by atoms with Gasteiger partial charge in [0, 0.05) is 18.7 Å². The third-order valence-electron chi connectivity index (χ3n) is 3.50. The number of para-hydroxylation sites is 1. The number of nitro groups is 1. The van der Waals surface area contributed by atoms with Gasteiger partial charge in [-0.3, -0.25) is 14.9 Å². The molecular weight excluding hydrogens is 324 g/mol. The largest absolute Gasteiger partial charge is 0.489 e. The molecule has 0 spiro atoms. The van der Waals surface area contributed by atoms with Crippen molar-refractivity contribution in [1.29, 1.82) is 0 Å². The van der Waals surface area contributed by atoms with Crippen LogP contribution in [0.15, 0.2) is 42.5 Å². The lowest BCUT2D eigenvalue weighted by molar-refractivity contribution is -0.385. The minimum atomic E-state index is -0.492. The monoisotopic (exact) mass is 344 g/mol. The molecule has 2 aromatic rings. The van der Waals surface area contributed by atoms with E-state index in [2.05, 4.69) is 5.32 Å². The summed E-state index contributed by atoms with van der Waals surface area (Å²) in [4.78, 5) is 22.9. The van der Waals surface area contributed by atoms with Crippen molar-refractivity contribution in [2.45, 2.75) is 13.3 Å². The minimum Gasteiger partial charge on any atom is -0.489 e. The normalized spacial score (nSPS) is 10.3. The molecule has 0 atom stereocenters. The lowest BCUT2D eigenvalue weighted by Crippen LogP contribution is -2.16. The number of nitrogens with zero attached hydrogens (tertiary/aromatic N) is 1. The van der Waals surface area contributed by atoms with Crippen LogP contribution < -0.4 is 10.1 Å². The standard InChI is InChI=1S/C18H20N2O5/c1-13-7-8-15(17(11-13)25-10-9-24-2)19-18(21)12-14-5-3-4-6-16(14)20(22)23/h3-8,11H,9-10,12H2,1-2H3,(H,19,21). The molecule has 0 bridgehead atoms. The van der Waals surface area contributed by atoms with Crippen LogP contribution in [0.4, 0.5) is 11.4 Å². The van der Waals surface area contributed by atoms with Crippen molar-refractivity contribution in [3.63, 3.8) is 0 Å². The van der Waals surface area contributed by atoms with Gasteiger partial charge in [0.25, 0.3) is 5.69 Å². The van der Waals surface area contributed by atoms with Gasteiger partial charge >= 0.3 is 0 Å². The number of nitrogens with one attached hydrogen (secondary N) is 1. The Morgan fingerprint density at radius 2 is 1.96 bits per heavy atom. The molecule has 2 aromatic carbocycles. The number of carbonyl (C=O) groups excluding carboxylic acids is 1. The summed E-state index contributed by atoms with van der Waals surface area (Å²) in [6.07, 6.45) is -0.0947. The van der Waals surface area contributed by atoms with Crippen molar-refractivity contribution < 1.29 is 19.2 Å². The van der Waals surface area contributed by atoms with Crippen LogP contribution in [-0.4, -0.2) is 31.2 Å². The summed E-state index contributed by atoms with van der Waals surface area (Å²) in [7, 11) is 1.58. The lowest BCUT2D eigenvalue weighted by Gasteiger charge is -2.13. The van der Waals surface area contributed by atoms with Crippen LogP contribution in [-0.2, 0) is 16.0 Å². The molecule has 0 heterocycles. The Hall–Kier alpha value is -2.93. The van der Waals surface area contributed by atoms with Crippen LogP contribution in [0.2, 0.25) is 0 Å². The van der Waals surface area contributed by atoms with E-state index in [-0.39, 0.29) is 18.0 Å². The first-order valence-corrected chi connectivity index (χ1v) is 7.76. The first-order valence-electron chi connectivity index (χ1n) is 7.76. The molecular formula is C18H20N2O5. The van der Waals surface area contributed by atoms with Gasteiger partial charge in [0.1, 0.15) is 12.4 Å². The molecule has 0 unspecified atom stereocenters. The molecule has 0 aliphatic rings. The number of methoxy groups -OCH3 is 1. The number of amides is 1. The summed E-state index contributed by atoms with van der Waals surface area (Å²) in [6.45, 7) is 2.70. The van der Waals surface area contributed by atoms with Gasteiger partial charge in [-0.05, 0) is 24.6 Å². The highest BCUT2D eigenvalue weighted by molar-refractivity contribution is 5.94. The second-order valence-electron chi connectivity index (χ2n) is 5.45. The van der Waals surface area contributed by atoms with Crippen LogP contribution >= 0.6 is 0 Å². The molecule has 132 valence electrons. The van der Waals surface area contributed by atoms with Crippen LogP contribution in [0, 0.1) is 17.0 Å². The Bertz CT molecular complexity index is 761. The van der Waals surface area contributed by atoms with Crippen molar-refractivity contribution in [3.05, 3.63) is 63.7 Å². The van der Waals surface area contributed by atoms with Gasteiger partial charge in [-0.2, -0.15) is 0 Å². The van der Waals surface area contributed by atoms with Gasteiger partial charge in [0.15, 0.2) is 0 Å². The SMILES string of the molecule is COCCOc1cc(C)ccc1NC(=O)Cc1ccccc1[N+](=O)[O-]. The summed E-state index contributed by atoms with van der Waals surface area (Å²) in [6, 6.07) is 11.6. The molecule has 25 heavy (non-hydrogen) atoms. The minimum absolute atomic E-state index is 0.0712. The zero-order valence-corrected chi connectivity index (χ0v) is 14.2. The molecule has 2 rings (SSSR count). The number of ether oxygens (including phenoxy) is 2. The fraction of sp³-hybridized carbons (Fsp3) is 0.278. The Morgan fingerprint density at radius 3 is 2.68 bits per heavy atom. The molecule has 0 aromatic heterocycles. The average Bonchev–Trinajstić information content (AvgIpc) is 2.57. The van der Waals surface area contributed by atoms with E-state index >= 15 is 0 Å². The van der Waals surface area contributed by atoms with E-state index < -0.39 is 4.92 Å². The van der Waals surface area contributed by atoms with Gasteiger partial charge < -0.3 is 14.8 Å². The van der Waals surface area contributed by atoms with Gasteiger partial charge in [0.05, 0.1) is 23.6 Å². The molecule has 7 heteroatoms. The Balaban J connectivity index is 2.11. The van der Waals surface area contributed by atoms with E-state index in [0.29, 0.717) is 30.2 Å². The highest BCUT2D eigenvalue weighted by Gasteiger charge is 2.16. The van der Waals surface area contributed by atoms with Crippen molar-refractivity contribution in [2.24, 2.45) is 0 Å². The summed E-state index contributed by atoms with van der Waals surface area (Å²) in [5, 5.41) is 13.8.